The number of aliphatic hydroxyl groups excluding tert-OH is 1. The van der Waals surface area contributed by atoms with Crippen LogP contribution in [0.25, 0.3) is 5.69 Å². The summed E-state index contributed by atoms with van der Waals surface area (Å²) < 4.78 is 1.64. The molecule has 0 aliphatic carbocycles. The van der Waals surface area contributed by atoms with Gasteiger partial charge in [-0.3, -0.25) is 4.79 Å². The summed E-state index contributed by atoms with van der Waals surface area (Å²) in [5.41, 5.74) is 2.98. The molecule has 1 atom stereocenters. The number of hydrogen-bond acceptors (Lipinski definition) is 4. The third-order valence-electron chi connectivity index (χ3n) is 3.70. The van der Waals surface area contributed by atoms with Crippen molar-refractivity contribution in [3.8, 4) is 5.69 Å². The molecule has 6 nitrogen and oxygen atoms in total. The summed E-state index contributed by atoms with van der Waals surface area (Å²) in [5, 5.41) is 20.3. The van der Waals surface area contributed by atoms with E-state index in [1.807, 2.05) is 52.0 Å². The van der Waals surface area contributed by atoms with E-state index in [2.05, 4.69) is 15.6 Å². The molecule has 2 aromatic rings. The molecule has 1 unspecified atom stereocenters. The van der Waals surface area contributed by atoms with Gasteiger partial charge in [0.25, 0.3) is 5.91 Å². The predicted molar refractivity (Wildman–Crippen MR) is 88.6 cm³/mol. The Morgan fingerprint density at radius 1 is 1.26 bits per heavy atom. The maximum Gasteiger partial charge on any atom is 0.274 e. The molecule has 1 amide bonds. The van der Waals surface area contributed by atoms with Crippen molar-refractivity contribution in [3.05, 3.63) is 41.2 Å². The largest absolute Gasteiger partial charge is 0.394 e. The standard InChI is InChI=1S/C17H24N4O2/c1-11(2)9-14(10-22)18-17(23)16-13(4)21(20-19-16)15-7-5-12(3)6-8-15/h5-8,11,14,22H,9-10H2,1-4H3,(H,18,23). The van der Waals surface area contributed by atoms with E-state index in [1.165, 1.54) is 0 Å². The van der Waals surface area contributed by atoms with Crippen LogP contribution in [0.4, 0.5) is 0 Å². The molecule has 124 valence electrons. The van der Waals surface area contributed by atoms with Gasteiger partial charge >= 0.3 is 0 Å². The van der Waals surface area contributed by atoms with E-state index in [1.54, 1.807) is 4.68 Å². The Morgan fingerprint density at radius 2 is 1.91 bits per heavy atom. The zero-order chi connectivity index (χ0) is 17.0. The van der Waals surface area contributed by atoms with E-state index in [-0.39, 0.29) is 24.2 Å². The summed E-state index contributed by atoms with van der Waals surface area (Å²) in [4.78, 5) is 12.4. The molecule has 6 heteroatoms. The van der Waals surface area contributed by atoms with Gasteiger partial charge in [0, 0.05) is 0 Å². The number of aryl methyl sites for hydroxylation is 1. The minimum atomic E-state index is -0.305. The molecule has 23 heavy (non-hydrogen) atoms. The summed E-state index contributed by atoms with van der Waals surface area (Å²) in [6, 6.07) is 7.58. The normalized spacial score (nSPS) is 12.4. The van der Waals surface area contributed by atoms with Crippen molar-refractivity contribution in [1.29, 1.82) is 0 Å². The second-order valence-corrected chi connectivity index (χ2v) is 6.25. The number of carbonyl (C=O) groups excluding carboxylic acids is 1. The van der Waals surface area contributed by atoms with Gasteiger partial charge in [-0.15, -0.1) is 5.10 Å². The quantitative estimate of drug-likeness (QED) is 0.854. The van der Waals surface area contributed by atoms with Crippen LogP contribution in [-0.4, -0.2) is 38.7 Å². The van der Waals surface area contributed by atoms with Crippen LogP contribution in [-0.2, 0) is 0 Å². The maximum atomic E-state index is 12.4. The van der Waals surface area contributed by atoms with Gasteiger partial charge in [-0.1, -0.05) is 36.8 Å². The molecule has 1 heterocycles. The molecule has 0 fully saturated rings. The Morgan fingerprint density at radius 3 is 2.48 bits per heavy atom. The molecule has 2 rings (SSSR count). The third-order valence-corrected chi connectivity index (χ3v) is 3.70. The van der Waals surface area contributed by atoms with E-state index in [0.717, 1.165) is 11.3 Å². The number of amides is 1. The van der Waals surface area contributed by atoms with Gasteiger partial charge < -0.3 is 10.4 Å². The van der Waals surface area contributed by atoms with Gasteiger partial charge in [0.05, 0.1) is 24.0 Å². The second kappa shape index (κ2) is 7.37. The topological polar surface area (TPSA) is 80.0 Å². The summed E-state index contributed by atoms with van der Waals surface area (Å²) in [6.45, 7) is 7.84. The fourth-order valence-electron chi connectivity index (χ4n) is 2.47. The third kappa shape index (κ3) is 4.16. The van der Waals surface area contributed by atoms with E-state index < -0.39 is 0 Å². The van der Waals surface area contributed by atoms with E-state index in [9.17, 15) is 9.90 Å². The lowest BCUT2D eigenvalue weighted by molar-refractivity contribution is 0.0902. The van der Waals surface area contributed by atoms with Crippen LogP contribution in [0.3, 0.4) is 0 Å². The molecular weight excluding hydrogens is 292 g/mol. The van der Waals surface area contributed by atoms with Crippen LogP contribution in [0.15, 0.2) is 24.3 Å². The van der Waals surface area contributed by atoms with Gasteiger partial charge in [-0.25, -0.2) is 4.68 Å². The number of benzene rings is 1. The zero-order valence-electron chi connectivity index (χ0n) is 14.1. The van der Waals surface area contributed by atoms with Crippen LogP contribution in [0, 0.1) is 19.8 Å². The van der Waals surface area contributed by atoms with Gasteiger partial charge in [0.2, 0.25) is 0 Å². The summed E-state index contributed by atoms with van der Waals surface area (Å²) in [5.74, 6) is 0.0809. The number of rotatable bonds is 6. The first-order valence-electron chi connectivity index (χ1n) is 7.83. The van der Waals surface area contributed by atoms with Crippen molar-refractivity contribution in [2.24, 2.45) is 5.92 Å². The van der Waals surface area contributed by atoms with Gasteiger partial charge in [0.15, 0.2) is 5.69 Å². The Hall–Kier alpha value is -2.21. The average Bonchev–Trinajstić information content (AvgIpc) is 2.88. The summed E-state index contributed by atoms with van der Waals surface area (Å²) in [7, 11) is 0. The zero-order valence-corrected chi connectivity index (χ0v) is 14.1. The van der Waals surface area contributed by atoms with E-state index >= 15 is 0 Å². The van der Waals surface area contributed by atoms with Crippen molar-refractivity contribution in [1.82, 2.24) is 20.3 Å². The molecule has 0 saturated heterocycles. The number of hydrogen-bond donors (Lipinski definition) is 2. The van der Waals surface area contributed by atoms with Crippen molar-refractivity contribution in [2.75, 3.05) is 6.61 Å². The van der Waals surface area contributed by atoms with E-state index in [0.29, 0.717) is 18.0 Å². The van der Waals surface area contributed by atoms with Crippen molar-refractivity contribution in [3.63, 3.8) is 0 Å². The molecule has 0 spiro atoms. The SMILES string of the molecule is Cc1ccc(-n2nnc(C(=O)NC(CO)CC(C)C)c2C)cc1. The number of aromatic nitrogens is 3. The van der Waals surface area contributed by atoms with Gasteiger partial charge in [0.1, 0.15) is 0 Å². The van der Waals surface area contributed by atoms with Crippen LogP contribution >= 0.6 is 0 Å². The highest BCUT2D eigenvalue weighted by Gasteiger charge is 2.20. The monoisotopic (exact) mass is 316 g/mol. The first kappa shape index (κ1) is 17.1. The number of nitrogens with zero attached hydrogens (tertiary/aromatic N) is 3. The molecule has 0 saturated carbocycles. The molecule has 1 aromatic carbocycles. The summed E-state index contributed by atoms with van der Waals surface area (Å²) >= 11 is 0. The average molecular weight is 316 g/mol. The fourth-order valence-corrected chi connectivity index (χ4v) is 2.47. The van der Waals surface area contributed by atoms with Crippen molar-refractivity contribution >= 4 is 5.91 Å². The molecule has 0 aliphatic heterocycles. The van der Waals surface area contributed by atoms with Crippen LogP contribution < -0.4 is 5.32 Å². The van der Waals surface area contributed by atoms with Crippen molar-refractivity contribution in [2.45, 2.75) is 40.2 Å². The maximum absolute atomic E-state index is 12.4. The summed E-state index contributed by atoms with van der Waals surface area (Å²) in [6.07, 6.45) is 0.716. The number of carbonyl (C=O) groups is 1. The first-order valence-corrected chi connectivity index (χ1v) is 7.83. The molecule has 0 radical (unpaired) electrons. The Balaban J connectivity index is 2.18. The lowest BCUT2D eigenvalue weighted by Gasteiger charge is -2.17. The molecule has 1 aromatic heterocycles. The van der Waals surface area contributed by atoms with E-state index in [4.69, 9.17) is 0 Å². The van der Waals surface area contributed by atoms with Gasteiger partial charge in [-0.05, 0) is 38.3 Å². The fraction of sp³-hybridized carbons (Fsp3) is 0.471. The highest BCUT2D eigenvalue weighted by Crippen LogP contribution is 2.13. The number of nitrogens with one attached hydrogen (secondary N) is 1. The lowest BCUT2D eigenvalue weighted by atomic mass is 10.0. The highest BCUT2D eigenvalue weighted by molar-refractivity contribution is 5.93. The van der Waals surface area contributed by atoms with Crippen LogP contribution in [0.5, 0.6) is 0 Å². The minimum absolute atomic E-state index is 0.0882. The molecule has 0 aliphatic rings. The van der Waals surface area contributed by atoms with Gasteiger partial charge in [-0.2, -0.15) is 0 Å². The minimum Gasteiger partial charge on any atom is -0.394 e. The smallest absolute Gasteiger partial charge is 0.274 e. The first-order chi connectivity index (χ1) is 10.9. The molecule has 2 N–H and O–H groups in total. The Bertz CT molecular complexity index is 662. The predicted octanol–water partition coefficient (Wildman–Crippen LogP) is 2.02. The molecule has 0 bridgehead atoms. The highest BCUT2D eigenvalue weighted by atomic mass is 16.3. The van der Waals surface area contributed by atoms with Crippen molar-refractivity contribution < 1.29 is 9.90 Å². The Kier molecular flexibility index (Phi) is 5.50. The second-order valence-electron chi connectivity index (χ2n) is 6.25. The van der Waals surface area contributed by atoms with Crippen LogP contribution in [0.2, 0.25) is 0 Å². The van der Waals surface area contributed by atoms with Crippen LogP contribution in [0.1, 0.15) is 42.0 Å². The Labute approximate surface area is 136 Å². The number of aliphatic hydroxyl groups is 1. The molecular formula is C17H24N4O2. The lowest BCUT2D eigenvalue weighted by Crippen LogP contribution is -2.38.